The summed E-state index contributed by atoms with van der Waals surface area (Å²) in [4.78, 5) is 40.8. The molecule has 1 aromatic carbocycles. The lowest BCUT2D eigenvalue weighted by molar-refractivity contribution is -0.143. The third-order valence-electron chi connectivity index (χ3n) is 6.32. The highest BCUT2D eigenvalue weighted by Crippen LogP contribution is 2.27. The Morgan fingerprint density at radius 3 is 2.21 bits per heavy atom. The lowest BCUT2D eigenvalue weighted by Gasteiger charge is -2.37. The minimum atomic E-state index is -0.768. The van der Waals surface area contributed by atoms with Crippen LogP contribution in [0.4, 0.5) is 4.79 Å². The minimum absolute atomic E-state index is 0.132. The highest BCUT2D eigenvalue weighted by atomic mass is 16.6. The monoisotopic (exact) mass is 473 g/mol. The van der Waals surface area contributed by atoms with E-state index in [9.17, 15) is 14.4 Å². The molecule has 1 saturated carbocycles. The SMILES string of the molecule is CCc1ccc(C(C(=O)NC2CCCCC2)N(C(=O)CNC(=O)OC(C)(C)C)C(C)CC)cc1. The zero-order valence-corrected chi connectivity index (χ0v) is 21.8. The first-order chi connectivity index (χ1) is 16.1. The first-order valence-electron chi connectivity index (χ1n) is 12.7. The maximum Gasteiger partial charge on any atom is 0.408 e. The van der Waals surface area contributed by atoms with Gasteiger partial charge in [0.05, 0.1) is 0 Å². The Hall–Kier alpha value is -2.57. The van der Waals surface area contributed by atoms with Crippen LogP contribution in [0.3, 0.4) is 0 Å². The summed E-state index contributed by atoms with van der Waals surface area (Å²) >= 11 is 0. The van der Waals surface area contributed by atoms with Gasteiger partial charge in [0.2, 0.25) is 11.8 Å². The van der Waals surface area contributed by atoms with Crippen LogP contribution in [0.15, 0.2) is 24.3 Å². The number of nitrogens with zero attached hydrogens (tertiary/aromatic N) is 1. The number of benzene rings is 1. The van der Waals surface area contributed by atoms with Crippen LogP contribution in [0, 0.1) is 0 Å². The fourth-order valence-electron chi connectivity index (χ4n) is 4.30. The topological polar surface area (TPSA) is 87.7 Å². The Bertz CT molecular complexity index is 810. The largest absolute Gasteiger partial charge is 0.444 e. The van der Waals surface area contributed by atoms with Crippen molar-refractivity contribution in [3.05, 3.63) is 35.4 Å². The van der Waals surface area contributed by atoms with Gasteiger partial charge in [-0.25, -0.2) is 4.79 Å². The van der Waals surface area contributed by atoms with Crippen molar-refractivity contribution in [2.24, 2.45) is 0 Å². The van der Waals surface area contributed by atoms with Crippen molar-refractivity contribution in [2.75, 3.05) is 6.54 Å². The van der Waals surface area contributed by atoms with Crippen LogP contribution in [0.5, 0.6) is 0 Å². The summed E-state index contributed by atoms with van der Waals surface area (Å²) in [5.41, 5.74) is 1.28. The van der Waals surface area contributed by atoms with Crippen LogP contribution in [0.25, 0.3) is 0 Å². The predicted octanol–water partition coefficient (Wildman–Crippen LogP) is 4.89. The van der Waals surface area contributed by atoms with Crippen molar-refractivity contribution in [2.45, 2.75) is 110 Å². The number of ether oxygens (including phenoxy) is 1. The Morgan fingerprint density at radius 2 is 1.68 bits per heavy atom. The summed E-state index contributed by atoms with van der Waals surface area (Å²) in [6.07, 6.45) is 6.26. The van der Waals surface area contributed by atoms with Crippen molar-refractivity contribution in [3.8, 4) is 0 Å². The minimum Gasteiger partial charge on any atom is -0.444 e. The van der Waals surface area contributed by atoms with E-state index in [0.717, 1.165) is 37.7 Å². The molecule has 7 heteroatoms. The number of carbonyl (C=O) groups excluding carboxylic acids is 3. The maximum absolute atomic E-state index is 13.6. The molecule has 1 aromatic rings. The molecule has 0 radical (unpaired) electrons. The van der Waals surface area contributed by atoms with Crippen LogP contribution in [-0.2, 0) is 20.7 Å². The Kier molecular flexibility index (Phi) is 10.4. The van der Waals surface area contributed by atoms with E-state index in [1.165, 1.54) is 12.0 Å². The van der Waals surface area contributed by atoms with Crippen LogP contribution >= 0.6 is 0 Å². The number of nitrogens with one attached hydrogen (secondary N) is 2. The standard InChI is InChI=1S/C27H43N3O4/c1-7-19(3)30(23(31)18-28-26(33)34-27(4,5)6)24(21-16-14-20(8-2)15-17-21)25(32)29-22-12-10-9-11-13-22/h14-17,19,22,24H,7-13,18H2,1-6H3,(H,28,33)(H,29,32). The predicted molar refractivity (Wildman–Crippen MR) is 134 cm³/mol. The first-order valence-corrected chi connectivity index (χ1v) is 12.7. The van der Waals surface area contributed by atoms with Crippen molar-refractivity contribution in [1.82, 2.24) is 15.5 Å². The smallest absolute Gasteiger partial charge is 0.408 e. The molecule has 190 valence electrons. The number of hydrogen-bond donors (Lipinski definition) is 2. The Balaban J connectivity index is 2.31. The molecule has 1 fully saturated rings. The van der Waals surface area contributed by atoms with Crippen molar-refractivity contribution in [3.63, 3.8) is 0 Å². The van der Waals surface area contributed by atoms with Crippen LogP contribution in [-0.4, -0.2) is 47.0 Å². The van der Waals surface area contributed by atoms with E-state index < -0.39 is 17.7 Å². The average Bonchev–Trinajstić information content (AvgIpc) is 2.80. The number of alkyl carbamates (subject to hydrolysis) is 1. The highest BCUT2D eigenvalue weighted by Gasteiger charge is 2.35. The molecule has 1 aliphatic rings. The van der Waals surface area contributed by atoms with Crippen molar-refractivity contribution >= 4 is 17.9 Å². The molecule has 2 unspecified atom stereocenters. The number of amides is 3. The molecule has 3 amide bonds. The maximum atomic E-state index is 13.6. The Labute approximate surface area is 205 Å². The van der Waals surface area contributed by atoms with Gasteiger partial charge in [0.15, 0.2) is 0 Å². The molecule has 2 atom stereocenters. The number of aryl methyl sites for hydroxylation is 1. The highest BCUT2D eigenvalue weighted by molar-refractivity contribution is 5.90. The van der Waals surface area contributed by atoms with Gasteiger partial charge in [0.1, 0.15) is 18.2 Å². The van der Waals surface area contributed by atoms with E-state index in [0.29, 0.717) is 6.42 Å². The van der Waals surface area contributed by atoms with Gasteiger partial charge >= 0.3 is 6.09 Å². The van der Waals surface area contributed by atoms with E-state index in [-0.39, 0.29) is 30.4 Å². The summed E-state index contributed by atoms with van der Waals surface area (Å²) in [5.74, 6) is -0.481. The molecular weight excluding hydrogens is 430 g/mol. The van der Waals surface area contributed by atoms with E-state index in [1.807, 2.05) is 38.1 Å². The summed E-state index contributed by atoms with van der Waals surface area (Å²) in [6, 6.07) is 7.06. The van der Waals surface area contributed by atoms with E-state index >= 15 is 0 Å². The molecule has 0 aliphatic heterocycles. The fraction of sp³-hybridized carbons (Fsp3) is 0.667. The Morgan fingerprint density at radius 1 is 1.06 bits per heavy atom. The van der Waals surface area contributed by atoms with Crippen molar-refractivity contribution < 1.29 is 19.1 Å². The average molecular weight is 474 g/mol. The van der Waals surface area contributed by atoms with Gasteiger partial charge in [-0.1, -0.05) is 57.4 Å². The van der Waals surface area contributed by atoms with Gasteiger partial charge in [0, 0.05) is 12.1 Å². The molecular formula is C27H43N3O4. The lowest BCUT2D eigenvalue weighted by atomic mass is 9.94. The van der Waals surface area contributed by atoms with Gasteiger partial charge in [0.25, 0.3) is 0 Å². The van der Waals surface area contributed by atoms with Gasteiger partial charge in [-0.2, -0.15) is 0 Å². The summed E-state index contributed by atoms with van der Waals surface area (Å²) in [6.45, 7) is 11.1. The van der Waals surface area contributed by atoms with Crippen LogP contribution < -0.4 is 10.6 Å². The molecule has 2 rings (SSSR count). The number of rotatable bonds is 9. The van der Waals surface area contributed by atoms with Gasteiger partial charge in [-0.3, -0.25) is 9.59 Å². The molecule has 0 spiro atoms. The number of hydrogen-bond acceptors (Lipinski definition) is 4. The van der Waals surface area contributed by atoms with E-state index in [2.05, 4.69) is 17.6 Å². The molecule has 7 nitrogen and oxygen atoms in total. The summed E-state index contributed by atoms with van der Waals surface area (Å²) in [5, 5.41) is 5.77. The second-order valence-corrected chi connectivity index (χ2v) is 10.3. The summed E-state index contributed by atoms with van der Waals surface area (Å²) in [7, 11) is 0. The van der Waals surface area contributed by atoms with Crippen molar-refractivity contribution in [1.29, 1.82) is 0 Å². The van der Waals surface area contributed by atoms with Gasteiger partial charge < -0.3 is 20.3 Å². The van der Waals surface area contributed by atoms with E-state index in [1.54, 1.807) is 25.7 Å². The third-order valence-corrected chi connectivity index (χ3v) is 6.32. The zero-order valence-electron chi connectivity index (χ0n) is 21.8. The van der Waals surface area contributed by atoms with Crippen LogP contribution in [0.2, 0.25) is 0 Å². The van der Waals surface area contributed by atoms with Gasteiger partial charge in [-0.15, -0.1) is 0 Å². The molecule has 0 aromatic heterocycles. The molecule has 0 bridgehead atoms. The molecule has 2 N–H and O–H groups in total. The molecule has 0 heterocycles. The molecule has 1 aliphatic carbocycles. The molecule has 0 saturated heterocycles. The zero-order chi connectivity index (χ0) is 25.3. The summed E-state index contributed by atoms with van der Waals surface area (Å²) < 4.78 is 5.27. The van der Waals surface area contributed by atoms with E-state index in [4.69, 9.17) is 4.74 Å². The lowest BCUT2D eigenvalue weighted by Crippen LogP contribution is -2.52. The normalized spacial score (nSPS) is 16.3. The van der Waals surface area contributed by atoms with Crippen LogP contribution in [0.1, 0.15) is 97.2 Å². The first kappa shape index (κ1) is 27.7. The fourth-order valence-corrected chi connectivity index (χ4v) is 4.30. The second kappa shape index (κ2) is 12.8. The van der Waals surface area contributed by atoms with Gasteiger partial charge in [-0.05, 0) is 64.5 Å². The third kappa shape index (κ3) is 8.33. The second-order valence-electron chi connectivity index (χ2n) is 10.3. The quantitative estimate of drug-likeness (QED) is 0.534. The number of carbonyl (C=O) groups is 3. The molecule has 34 heavy (non-hydrogen) atoms.